The Kier molecular flexibility index (Phi) is 5.15. The van der Waals surface area contributed by atoms with Crippen molar-refractivity contribution in [2.24, 2.45) is 11.1 Å². The Morgan fingerprint density at radius 2 is 2.00 bits per heavy atom. The van der Waals surface area contributed by atoms with Crippen LogP contribution in [0.1, 0.15) is 52.1 Å². The Hall–Kier alpha value is -1.09. The van der Waals surface area contributed by atoms with E-state index in [1.54, 1.807) is 6.07 Å². The SMILES string of the molecule is CC(N)c1ccc(OCCCC(C)(C)C)c(F)c1. The van der Waals surface area contributed by atoms with Crippen LogP contribution >= 0.6 is 0 Å². The van der Waals surface area contributed by atoms with E-state index in [4.69, 9.17) is 10.5 Å². The number of rotatable bonds is 5. The van der Waals surface area contributed by atoms with Gasteiger partial charge in [-0.3, -0.25) is 0 Å². The van der Waals surface area contributed by atoms with Crippen molar-refractivity contribution in [3.63, 3.8) is 0 Å². The standard InChI is InChI=1S/C15H24FNO/c1-11(17)12-6-7-14(13(16)10-12)18-9-5-8-15(2,3)4/h6-7,10-11H,5,8-9,17H2,1-4H3. The zero-order valence-electron chi connectivity index (χ0n) is 11.8. The minimum Gasteiger partial charge on any atom is -0.491 e. The second-order valence-corrected chi connectivity index (χ2v) is 5.99. The van der Waals surface area contributed by atoms with E-state index >= 15 is 0 Å². The van der Waals surface area contributed by atoms with Crippen molar-refractivity contribution in [2.75, 3.05) is 6.61 Å². The van der Waals surface area contributed by atoms with Crippen LogP contribution in [0.2, 0.25) is 0 Å². The van der Waals surface area contributed by atoms with Crippen molar-refractivity contribution in [1.29, 1.82) is 0 Å². The summed E-state index contributed by atoms with van der Waals surface area (Å²) < 4.78 is 19.1. The number of ether oxygens (including phenoxy) is 1. The lowest BCUT2D eigenvalue weighted by molar-refractivity contribution is 0.260. The average Bonchev–Trinajstić information content (AvgIpc) is 2.24. The predicted molar refractivity (Wildman–Crippen MR) is 73.2 cm³/mol. The largest absolute Gasteiger partial charge is 0.491 e. The molecule has 0 saturated carbocycles. The molecule has 2 nitrogen and oxygen atoms in total. The third-order valence-electron chi connectivity index (χ3n) is 2.81. The summed E-state index contributed by atoms with van der Waals surface area (Å²) in [5, 5.41) is 0. The molecule has 0 aliphatic rings. The smallest absolute Gasteiger partial charge is 0.165 e. The molecule has 0 bridgehead atoms. The van der Waals surface area contributed by atoms with Gasteiger partial charge in [-0.25, -0.2) is 4.39 Å². The van der Waals surface area contributed by atoms with E-state index in [0.29, 0.717) is 17.8 Å². The number of benzene rings is 1. The highest BCUT2D eigenvalue weighted by molar-refractivity contribution is 5.30. The monoisotopic (exact) mass is 253 g/mol. The van der Waals surface area contributed by atoms with Crippen LogP contribution in [0, 0.1) is 11.2 Å². The Morgan fingerprint density at radius 3 is 2.50 bits per heavy atom. The summed E-state index contributed by atoms with van der Waals surface area (Å²) in [6, 6.07) is 4.76. The lowest BCUT2D eigenvalue weighted by Crippen LogP contribution is -2.09. The molecule has 1 aromatic rings. The highest BCUT2D eigenvalue weighted by Gasteiger charge is 2.10. The molecule has 1 aromatic carbocycles. The van der Waals surface area contributed by atoms with Gasteiger partial charge >= 0.3 is 0 Å². The molecule has 102 valence electrons. The maximum Gasteiger partial charge on any atom is 0.165 e. The summed E-state index contributed by atoms with van der Waals surface area (Å²) in [6.45, 7) is 8.94. The maximum absolute atomic E-state index is 13.7. The molecule has 0 aliphatic heterocycles. The molecule has 1 rings (SSSR count). The topological polar surface area (TPSA) is 35.2 Å². The minimum atomic E-state index is -0.333. The predicted octanol–water partition coefficient (Wildman–Crippen LogP) is 4.05. The average molecular weight is 253 g/mol. The van der Waals surface area contributed by atoms with Gasteiger partial charge in [-0.05, 0) is 42.9 Å². The van der Waals surface area contributed by atoms with Crippen LogP contribution in [0.4, 0.5) is 4.39 Å². The molecule has 0 aliphatic carbocycles. The Morgan fingerprint density at radius 1 is 1.33 bits per heavy atom. The first-order valence-corrected chi connectivity index (χ1v) is 6.47. The van der Waals surface area contributed by atoms with Gasteiger partial charge in [0.05, 0.1) is 6.61 Å². The van der Waals surface area contributed by atoms with Gasteiger partial charge in [-0.1, -0.05) is 26.8 Å². The lowest BCUT2D eigenvalue weighted by Gasteiger charge is -2.18. The van der Waals surface area contributed by atoms with E-state index in [1.807, 2.05) is 13.0 Å². The first-order valence-electron chi connectivity index (χ1n) is 6.47. The summed E-state index contributed by atoms with van der Waals surface area (Å²) in [7, 11) is 0. The third-order valence-corrected chi connectivity index (χ3v) is 2.81. The van der Waals surface area contributed by atoms with Crippen LogP contribution in [0.5, 0.6) is 5.75 Å². The van der Waals surface area contributed by atoms with Crippen molar-refractivity contribution >= 4 is 0 Å². The van der Waals surface area contributed by atoms with Crippen molar-refractivity contribution < 1.29 is 9.13 Å². The molecule has 0 aromatic heterocycles. The minimum absolute atomic E-state index is 0.158. The quantitative estimate of drug-likeness (QED) is 0.803. The normalized spacial score (nSPS) is 13.4. The molecule has 2 N–H and O–H groups in total. The number of halogens is 1. The Labute approximate surface area is 109 Å². The van der Waals surface area contributed by atoms with Gasteiger partial charge in [0.15, 0.2) is 11.6 Å². The highest BCUT2D eigenvalue weighted by Crippen LogP contribution is 2.23. The van der Waals surface area contributed by atoms with Crippen LogP contribution in [0.3, 0.4) is 0 Å². The zero-order chi connectivity index (χ0) is 13.8. The number of nitrogens with two attached hydrogens (primary N) is 1. The van der Waals surface area contributed by atoms with Gasteiger partial charge < -0.3 is 10.5 Å². The van der Waals surface area contributed by atoms with E-state index < -0.39 is 0 Å². The number of hydrogen-bond donors (Lipinski definition) is 1. The summed E-state index contributed by atoms with van der Waals surface area (Å²) in [6.07, 6.45) is 1.99. The molecular formula is C15H24FNO. The van der Waals surface area contributed by atoms with E-state index in [2.05, 4.69) is 20.8 Å². The van der Waals surface area contributed by atoms with Crippen molar-refractivity contribution in [2.45, 2.75) is 46.6 Å². The van der Waals surface area contributed by atoms with Crippen LogP contribution in [-0.4, -0.2) is 6.61 Å². The summed E-state index contributed by atoms with van der Waals surface area (Å²) in [5.41, 5.74) is 6.77. The van der Waals surface area contributed by atoms with Gasteiger partial charge in [0.1, 0.15) is 0 Å². The molecule has 0 spiro atoms. The molecule has 0 radical (unpaired) electrons. The maximum atomic E-state index is 13.7. The first-order chi connectivity index (χ1) is 8.29. The second kappa shape index (κ2) is 6.19. The van der Waals surface area contributed by atoms with Gasteiger partial charge in [0, 0.05) is 6.04 Å². The van der Waals surface area contributed by atoms with E-state index in [0.717, 1.165) is 18.4 Å². The van der Waals surface area contributed by atoms with Crippen LogP contribution in [0.15, 0.2) is 18.2 Å². The molecule has 0 saturated heterocycles. The fourth-order valence-corrected chi connectivity index (χ4v) is 1.70. The van der Waals surface area contributed by atoms with E-state index in [1.165, 1.54) is 6.07 Å². The summed E-state index contributed by atoms with van der Waals surface area (Å²) in [4.78, 5) is 0. The molecule has 0 amide bonds. The van der Waals surface area contributed by atoms with Gasteiger partial charge in [-0.2, -0.15) is 0 Å². The lowest BCUT2D eigenvalue weighted by atomic mass is 9.91. The van der Waals surface area contributed by atoms with Crippen LogP contribution < -0.4 is 10.5 Å². The molecule has 0 fully saturated rings. The molecule has 1 unspecified atom stereocenters. The van der Waals surface area contributed by atoms with Gasteiger partial charge in [0.2, 0.25) is 0 Å². The summed E-state index contributed by atoms with van der Waals surface area (Å²) in [5.74, 6) is -0.0196. The highest BCUT2D eigenvalue weighted by atomic mass is 19.1. The molecule has 1 atom stereocenters. The van der Waals surface area contributed by atoms with E-state index in [9.17, 15) is 4.39 Å². The van der Waals surface area contributed by atoms with Crippen molar-refractivity contribution in [3.8, 4) is 5.75 Å². The van der Waals surface area contributed by atoms with E-state index in [-0.39, 0.29) is 11.9 Å². The van der Waals surface area contributed by atoms with Crippen LogP contribution in [-0.2, 0) is 0 Å². The number of hydrogen-bond acceptors (Lipinski definition) is 2. The Balaban J connectivity index is 2.48. The fourth-order valence-electron chi connectivity index (χ4n) is 1.70. The van der Waals surface area contributed by atoms with Gasteiger partial charge in [0.25, 0.3) is 0 Å². The first kappa shape index (κ1) is 15.0. The Bertz CT molecular complexity index is 383. The third kappa shape index (κ3) is 5.05. The van der Waals surface area contributed by atoms with Crippen molar-refractivity contribution in [3.05, 3.63) is 29.6 Å². The fraction of sp³-hybridized carbons (Fsp3) is 0.600. The second-order valence-electron chi connectivity index (χ2n) is 5.99. The molecule has 18 heavy (non-hydrogen) atoms. The summed E-state index contributed by atoms with van der Waals surface area (Å²) >= 11 is 0. The molecule has 3 heteroatoms. The van der Waals surface area contributed by atoms with Gasteiger partial charge in [-0.15, -0.1) is 0 Å². The molecular weight excluding hydrogens is 229 g/mol. The zero-order valence-corrected chi connectivity index (χ0v) is 11.8. The van der Waals surface area contributed by atoms with Crippen molar-refractivity contribution in [1.82, 2.24) is 0 Å². The molecule has 0 heterocycles. The van der Waals surface area contributed by atoms with Crippen LogP contribution in [0.25, 0.3) is 0 Å².